The van der Waals surface area contributed by atoms with Gasteiger partial charge >= 0.3 is 0 Å². The Kier molecular flexibility index (Phi) is 3.31. The zero-order chi connectivity index (χ0) is 11.6. The molecule has 0 N–H and O–H groups in total. The molecule has 0 amide bonds. The summed E-state index contributed by atoms with van der Waals surface area (Å²) in [5.41, 5.74) is 6.61. The average molecular weight is 199 g/mol. The third-order valence-corrected chi connectivity index (χ3v) is 2.54. The molecule has 78 valence electrons. The molecule has 0 unspecified atom stereocenters. The Hall–Kier alpha value is -1.55. The van der Waals surface area contributed by atoms with Crippen LogP contribution in [0.25, 0.3) is 5.57 Å². The van der Waals surface area contributed by atoms with Gasteiger partial charge in [0.15, 0.2) is 0 Å². The molecule has 0 aliphatic heterocycles. The first-order valence-electron chi connectivity index (χ1n) is 5.13. The number of nitriles is 1. The largest absolute Gasteiger partial charge is 0.192 e. The lowest BCUT2D eigenvalue weighted by atomic mass is 9.92. The summed E-state index contributed by atoms with van der Waals surface area (Å²) < 4.78 is 0. The Labute approximate surface area is 92.1 Å². The standard InChI is InChI=1S/C14H17N/c1-9(2)13(8-15)14-11(4)6-10(3)7-12(14)5/h6-7H,1-5H3. The van der Waals surface area contributed by atoms with E-state index in [2.05, 4.69) is 39.0 Å². The van der Waals surface area contributed by atoms with Gasteiger partial charge in [-0.15, -0.1) is 0 Å². The quantitative estimate of drug-likeness (QED) is 0.629. The van der Waals surface area contributed by atoms with Crippen molar-refractivity contribution in [2.24, 2.45) is 0 Å². The summed E-state index contributed by atoms with van der Waals surface area (Å²) in [7, 11) is 0. The van der Waals surface area contributed by atoms with Crippen molar-refractivity contribution < 1.29 is 0 Å². The van der Waals surface area contributed by atoms with Crippen molar-refractivity contribution in [3.8, 4) is 6.07 Å². The van der Waals surface area contributed by atoms with E-state index in [9.17, 15) is 0 Å². The molecule has 0 heterocycles. The van der Waals surface area contributed by atoms with E-state index in [1.165, 1.54) is 16.7 Å². The first-order chi connectivity index (χ1) is 6.97. The lowest BCUT2D eigenvalue weighted by Crippen LogP contribution is -1.94. The van der Waals surface area contributed by atoms with Gasteiger partial charge in [0.05, 0.1) is 11.6 Å². The Morgan fingerprint density at radius 2 is 1.53 bits per heavy atom. The maximum absolute atomic E-state index is 9.16. The van der Waals surface area contributed by atoms with Gasteiger partial charge in [-0.2, -0.15) is 5.26 Å². The van der Waals surface area contributed by atoms with E-state index in [0.29, 0.717) is 0 Å². The molecule has 0 radical (unpaired) electrons. The van der Waals surface area contributed by atoms with Gasteiger partial charge in [-0.25, -0.2) is 0 Å². The third-order valence-electron chi connectivity index (χ3n) is 2.54. The van der Waals surface area contributed by atoms with E-state index in [4.69, 9.17) is 5.26 Å². The number of rotatable bonds is 1. The minimum atomic E-state index is 0.810. The fourth-order valence-electron chi connectivity index (χ4n) is 1.99. The molecule has 1 aromatic carbocycles. The van der Waals surface area contributed by atoms with E-state index >= 15 is 0 Å². The van der Waals surface area contributed by atoms with Gasteiger partial charge in [0.1, 0.15) is 0 Å². The van der Waals surface area contributed by atoms with Crippen LogP contribution in [0.1, 0.15) is 36.1 Å². The maximum Gasteiger partial charge on any atom is 0.0997 e. The molecule has 0 bridgehead atoms. The summed E-state index contributed by atoms with van der Waals surface area (Å²) in [6.45, 7) is 10.2. The van der Waals surface area contributed by atoms with Gasteiger partial charge in [0.2, 0.25) is 0 Å². The maximum atomic E-state index is 9.16. The van der Waals surface area contributed by atoms with Gasteiger partial charge in [-0.1, -0.05) is 23.3 Å². The average Bonchev–Trinajstić information content (AvgIpc) is 2.09. The first kappa shape index (κ1) is 11.5. The second-order valence-corrected chi connectivity index (χ2v) is 4.26. The number of hydrogen-bond donors (Lipinski definition) is 0. The normalized spacial score (nSPS) is 9.60. The number of hydrogen-bond acceptors (Lipinski definition) is 1. The van der Waals surface area contributed by atoms with E-state index in [0.717, 1.165) is 16.7 Å². The highest BCUT2D eigenvalue weighted by Crippen LogP contribution is 2.26. The highest BCUT2D eigenvalue weighted by Gasteiger charge is 2.09. The summed E-state index contributed by atoms with van der Waals surface area (Å²) in [4.78, 5) is 0. The SMILES string of the molecule is CC(C)=C(C#N)c1c(C)cc(C)cc1C. The Morgan fingerprint density at radius 1 is 1.07 bits per heavy atom. The molecule has 0 aromatic heterocycles. The summed E-state index contributed by atoms with van der Waals surface area (Å²) in [6.07, 6.45) is 0. The molecule has 0 saturated carbocycles. The van der Waals surface area contributed by atoms with Crippen molar-refractivity contribution in [3.63, 3.8) is 0 Å². The first-order valence-corrected chi connectivity index (χ1v) is 5.13. The topological polar surface area (TPSA) is 23.8 Å². The van der Waals surface area contributed by atoms with Crippen molar-refractivity contribution in [2.45, 2.75) is 34.6 Å². The van der Waals surface area contributed by atoms with Crippen LogP contribution >= 0.6 is 0 Å². The molecule has 15 heavy (non-hydrogen) atoms. The van der Waals surface area contributed by atoms with Crippen LogP contribution in [-0.2, 0) is 0 Å². The van der Waals surface area contributed by atoms with Crippen LogP contribution in [0.15, 0.2) is 17.7 Å². The Bertz CT molecular complexity index is 432. The third kappa shape index (κ3) is 2.27. The summed E-state index contributed by atoms with van der Waals surface area (Å²) in [5, 5.41) is 9.16. The lowest BCUT2D eigenvalue weighted by molar-refractivity contribution is 1.27. The minimum absolute atomic E-state index is 0.810. The monoisotopic (exact) mass is 199 g/mol. The molecule has 1 rings (SSSR count). The zero-order valence-electron chi connectivity index (χ0n) is 10.1. The fraction of sp³-hybridized carbons (Fsp3) is 0.357. The van der Waals surface area contributed by atoms with E-state index in [1.807, 2.05) is 13.8 Å². The van der Waals surface area contributed by atoms with Crippen LogP contribution in [0.3, 0.4) is 0 Å². The molecule has 0 spiro atoms. The summed E-state index contributed by atoms with van der Waals surface area (Å²) >= 11 is 0. The van der Waals surface area contributed by atoms with Gasteiger partial charge in [-0.05, 0) is 51.3 Å². The van der Waals surface area contributed by atoms with Gasteiger partial charge in [0, 0.05) is 0 Å². The van der Waals surface area contributed by atoms with Crippen LogP contribution < -0.4 is 0 Å². The van der Waals surface area contributed by atoms with Crippen LogP contribution in [0, 0.1) is 32.1 Å². The highest BCUT2D eigenvalue weighted by molar-refractivity contribution is 5.82. The van der Waals surface area contributed by atoms with Crippen molar-refractivity contribution >= 4 is 5.57 Å². The lowest BCUT2D eigenvalue weighted by Gasteiger charge is -2.11. The number of nitrogens with zero attached hydrogens (tertiary/aromatic N) is 1. The Morgan fingerprint density at radius 3 is 1.87 bits per heavy atom. The van der Waals surface area contributed by atoms with Gasteiger partial charge < -0.3 is 0 Å². The van der Waals surface area contributed by atoms with Crippen molar-refractivity contribution in [3.05, 3.63) is 40.0 Å². The van der Waals surface area contributed by atoms with E-state index in [-0.39, 0.29) is 0 Å². The van der Waals surface area contributed by atoms with Gasteiger partial charge in [0.25, 0.3) is 0 Å². The zero-order valence-corrected chi connectivity index (χ0v) is 10.1. The van der Waals surface area contributed by atoms with Crippen molar-refractivity contribution in [2.75, 3.05) is 0 Å². The van der Waals surface area contributed by atoms with Crippen molar-refractivity contribution in [1.82, 2.24) is 0 Å². The molecule has 0 atom stereocenters. The molecule has 0 aliphatic rings. The van der Waals surface area contributed by atoms with E-state index in [1.54, 1.807) is 0 Å². The molecule has 1 heteroatoms. The predicted octanol–water partition coefficient (Wildman–Crippen LogP) is 3.93. The number of allylic oxidation sites excluding steroid dienone is 2. The molecule has 1 nitrogen and oxygen atoms in total. The van der Waals surface area contributed by atoms with Crippen LogP contribution in [0.2, 0.25) is 0 Å². The molecule has 0 fully saturated rings. The minimum Gasteiger partial charge on any atom is -0.192 e. The summed E-state index contributed by atoms with van der Waals surface area (Å²) in [6, 6.07) is 6.55. The summed E-state index contributed by atoms with van der Waals surface area (Å²) in [5.74, 6) is 0. The van der Waals surface area contributed by atoms with Crippen LogP contribution in [0.4, 0.5) is 0 Å². The van der Waals surface area contributed by atoms with Crippen molar-refractivity contribution in [1.29, 1.82) is 5.26 Å². The smallest absolute Gasteiger partial charge is 0.0997 e. The molecular weight excluding hydrogens is 182 g/mol. The number of benzene rings is 1. The fourth-order valence-corrected chi connectivity index (χ4v) is 1.99. The van der Waals surface area contributed by atoms with E-state index < -0.39 is 0 Å². The second kappa shape index (κ2) is 4.31. The molecular formula is C14H17N. The molecule has 0 aliphatic carbocycles. The molecule has 0 saturated heterocycles. The highest BCUT2D eigenvalue weighted by atomic mass is 14.3. The second-order valence-electron chi connectivity index (χ2n) is 4.26. The number of aryl methyl sites for hydroxylation is 3. The molecule has 1 aromatic rings. The van der Waals surface area contributed by atoms with Gasteiger partial charge in [-0.3, -0.25) is 0 Å². The predicted molar refractivity (Wildman–Crippen MR) is 64.5 cm³/mol. The Balaban J connectivity index is 3.53. The van der Waals surface area contributed by atoms with Crippen LogP contribution in [0.5, 0.6) is 0 Å². The van der Waals surface area contributed by atoms with Crippen LogP contribution in [-0.4, -0.2) is 0 Å².